The molecule has 1 aromatic heterocycles. The van der Waals surface area contributed by atoms with Gasteiger partial charge in [0.05, 0.1) is 23.1 Å². The molecule has 0 atom stereocenters. The van der Waals surface area contributed by atoms with E-state index in [9.17, 15) is 13.2 Å². The first-order valence-electron chi connectivity index (χ1n) is 10.8. The summed E-state index contributed by atoms with van der Waals surface area (Å²) >= 11 is 4.05. The highest BCUT2D eigenvalue weighted by Gasteiger charge is 2.31. The summed E-state index contributed by atoms with van der Waals surface area (Å²) in [4.78, 5) is 6.31. The average Bonchev–Trinajstić information content (AvgIpc) is 3.35. The Hall–Kier alpha value is -4.45. The molecule has 0 aliphatic heterocycles. The number of nitrogens with two attached hydrogens (primary N) is 1. The molecule has 12 heteroatoms. The molecule has 0 radical (unpaired) electrons. The SMILES string of the molecule is CN(C)c1ccc(N/N=C\c2ccc(-c3ncn(-c4ccc(OC(F)(F)F)cc4)n3)cc2)cc1.NC=S. The third kappa shape index (κ3) is 8.32. The van der Waals surface area contributed by atoms with Crippen LogP contribution in [0, 0.1) is 0 Å². The van der Waals surface area contributed by atoms with Crippen molar-refractivity contribution in [2.45, 2.75) is 6.36 Å². The topological polar surface area (TPSA) is 93.6 Å². The second-order valence-corrected chi connectivity index (χ2v) is 7.90. The maximum absolute atomic E-state index is 12.3. The fraction of sp³-hybridized carbons (Fsp3) is 0.120. The summed E-state index contributed by atoms with van der Waals surface area (Å²) in [6.45, 7) is 0. The largest absolute Gasteiger partial charge is 0.573 e. The molecule has 3 aromatic carbocycles. The first-order chi connectivity index (χ1) is 17.7. The third-order valence-corrected chi connectivity index (χ3v) is 4.79. The van der Waals surface area contributed by atoms with Crippen LogP contribution in [0.1, 0.15) is 5.56 Å². The quantitative estimate of drug-likeness (QED) is 0.193. The van der Waals surface area contributed by atoms with E-state index in [1.54, 1.807) is 6.21 Å². The molecule has 4 rings (SSSR count). The van der Waals surface area contributed by atoms with Crippen LogP contribution in [0.25, 0.3) is 17.1 Å². The second kappa shape index (κ2) is 12.5. The minimum absolute atomic E-state index is 0.297. The van der Waals surface area contributed by atoms with E-state index in [4.69, 9.17) is 0 Å². The summed E-state index contributed by atoms with van der Waals surface area (Å²) in [5, 5.41) is 8.66. The number of rotatable bonds is 7. The van der Waals surface area contributed by atoms with Gasteiger partial charge in [0, 0.05) is 25.3 Å². The molecule has 0 aliphatic rings. The molecule has 3 N–H and O–H groups in total. The van der Waals surface area contributed by atoms with Gasteiger partial charge < -0.3 is 15.4 Å². The van der Waals surface area contributed by atoms with Gasteiger partial charge in [0.2, 0.25) is 0 Å². The van der Waals surface area contributed by atoms with Crippen LogP contribution in [0.2, 0.25) is 0 Å². The summed E-state index contributed by atoms with van der Waals surface area (Å²) in [6.07, 6.45) is -1.53. The summed E-state index contributed by atoms with van der Waals surface area (Å²) < 4.78 is 42.3. The Balaban J connectivity index is 0.00000121. The number of hydrogen-bond acceptors (Lipinski definition) is 7. The number of hydrazone groups is 1. The Kier molecular flexibility index (Phi) is 9.16. The number of aromatic nitrogens is 3. The van der Waals surface area contributed by atoms with Gasteiger partial charge in [-0.1, -0.05) is 36.5 Å². The van der Waals surface area contributed by atoms with Gasteiger partial charge in [0.1, 0.15) is 12.1 Å². The van der Waals surface area contributed by atoms with E-state index in [0.717, 1.165) is 28.0 Å². The minimum atomic E-state index is -4.73. The Bertz CT molecular complexity index is 1300. The van der Waals surface area contributed by atoms with E-state index < -0.39 is 6.36 Å². The Morgan fingerprint density at radius 1 is 1.00 bits per heavy atom. The molecule has 0 spiro atoms. The van der Waals surface area contributed by atoms with Crippen LogP contribution < -0.4 is 20.8 Å². The van der Waals surface area contributed by atoms with Crippen molar-refractivity contribution in [1.29, 1.82) is 0 Å². The molecular formula is C25H24F3N7OS. The predicted molar refractivity (Wildman–Crippen MR) is 143 cm³/mol. The van der Waals surface area contributed by atoms with Gasteiger partial charge in [-0.25, -0.2) is 9.67 Å². The van der Waals surface area contributed by atoms with Gasteiger partial charge in [-0.05, 0) is 54.1 Å². The molecule has 0 aliphatic carbocycles. The standard InChI is InChI=1S/C24H21F3N6O.CH3NS/c1-32(2)20-9-7-19(8-10-20)30-29-15-17-3-5-18(6-4-17)23-28-16-33(31-23)21-11-13-22(14-12-21)34-24(25,26)27;2-1-3/h3-16,30H,1-2H3;1H,(H2,2,3)/b29-15-;. The number of thiocarbonyl (C=S) groups is 1. The minimum Gasteiger partial charge on any atom is -0.406 e. The van der Waals surface area contributed by atoms with Crippen molar-refractivity contribution in [3.8, 4) is 22.8 Å². The summed E-state index contributed by atoms with van der Waals surface area (Å²) in [5.41, 5.74) is 12.8. The van der Waals surface area contributed by atoms with E-state index in [1.165, 1.54) is 35.3 Å². The van der Waals surface area contributed by atoms with Crippen molar-refractivity contribution < 1.29 is 17.9 Å². The Morgan fingerprint density at radius 3 is 2.19 bits per heavy atom. The van der Waals surface area contributed by atoms with Gasteiger partial charge in [0.25, 0.3) is 0 Å². The van der Waals surface area contributed by atoms with Crippen molar-refractivity contribution >= 4 is 35.3 Å². The molecular weight excluding hydrogens is 503 g/mol. The Labute approximate surface area is 217 Å². The molecule has 4 aromatic rings. The van der Waals surface area contributed by atoms with Crippen molar-refractivity contribution in [3.05, 3.63) is 84.7 Å². The van der Waals surface area contributed by atoms with Crippen molar-refractivity contribution in [3.63, 3.8) is 0 Å². The van der Waals surface area contributed by atoms with Crippen LogP contribution in [0.4, 0.5) is 24.5 Å². The highest BCUT2D eigenvalue weighted by molar-refractivity contribution is 7.78. The summed E-state index contributed by atoms with van der Waals surface area (Å²) in [6, 6.07) is 20.8. The van der Waals surface area contributed by atoms with Crippen LogP contribution in [-0.2, 0) is 0 Å². The third-order valence-electron chi connectivity index (χ3n) is 4.79. The second-order valence-electron chi connectivity index (χ2n) is 7.62. The van der Waals surface area contributed by atoms with E-state index in [0.29, 0.717) is 11.5 Å². The number of anilines is 2. The van der Waals surface area contributed by atoms with Crippen LogP contribution in [0.5, 0.6) is 5.75 Å². The number of ether oxygens (including phenoxy) is 1. The van der Waals surface area contributed by atoms with E-state index in [-0.39, 0.29) is 5.75 Å². The van der Waals surface area contributed by atoms with Crippen molar-refractivity contribution in [2.24, 2.45) is 10.8 Å². The fourth-order valence-electron chi connectivity index (χ4n) is 3.05. The number of halogens is 3. The van der Waals surface area contributed by atoms with Crippen LogP contribution in [0.15, 0.2) is 84.2 Å². The molecule has 0 amide bonds. The smallest absolute Gasteiger partial charge is 0.406 e. The normalized spacial score (nSPS) is 10.9. The Morgan fingerprint density at radius 2 is 1.62 bits per heavy atom. The lowest BCUT2D eigenvalue weighted by Gasteiger charge is -2.12. The van der Waals surface area contributed by atoms with E-state index in [2.05, 4.69) is 43.3 Å². The monoisotopic (exact) mass is 527 g/mol. The number of alkyl halides is 3. The molecule has 0 saturated carbocycles. The molecule has 0 bridgehead atoms. The average molecular weight is 528 g/mol. The molecule has 1 heterocycles. The summed E-state index contributed by atoms with van der Waals surface area (Å²) in [5.74, 6) is 0.187. The fourth-order valence-corrected chi connectivity index (χ4v) is 3.05. The summed E-state index contributed by atoms with van der Waals surface area (Å²) in [7, 11) is 3.97. The molecule has 0 saturated heterocycles. The van der Waals surface area contributed by atoms with Crippen molar-refractivity contribution in [2.75, 3.05) is 24.4 Å². The first-order valence-corrected chi connectivity index (χ1v) is 11.3. The van der Waals surface area contributed by atoms with Gasteiger partial charge in [-0.15, -0.1) is 18.3 Å². The maximum atomic E-state index is 12.3. The lowest BCUT2D eigenvalue weighted by Crippen LogP contribution is -2.17. The van der Waals surface area contributed by atoms with E-state index >= 15 is 0 Å². The maximum Gasteiger partial charge on any atom is 0.573 e. The van der Waals surface area contributed by atoms with E-state index in [1.807, 2.05) is 67.5 Å². The molecule has 192 valence electrons. The van der Waals surface area contributed by atoms with Gasteiger partial charge in [-0.3, -0.25) is 5.43 Å². The lowest BCUT2D eigenvalue weighted by molar-refractivity contribution is -0.274. The number of nitrogens with zero attached hydrogens (tertiary/aromatic N) is 5. The van der Waals surface area contributed by atoms with Gasteiger partial charge in [0.15, 0.2) is 5.82 Å². The number of hydrogen-bond donors (Lipinski definition) is 2. The predicted octanol–water partition coefficient (Wildman–Crippen LogP) is 5.25. The van der Waals surface area contributed by atoms with Crippen molar-refractivity contribution in [1.82, 2.24) is 14.8 Å². The van der Waals surface area contributed by atoms with Gasteiger partial charge in [-0.2, -0.15) is 5.10 Å². The highest BCUT2D eigenvalue weighted by atomic mass is 32.1. The zero-order valence-corrected chi connectivity index (χ0v) is 20.7. The molecule has 0 unspecified atom stereocenters. The van der Waals surface area contributed by atoms with Crippen LogP contribution >= 0.6 is 12.2 Å². The highest BCUT2D eigenvalue weighted by Crippen LogP contribution is 2.24. The zero-order valence-electron chi connectivity index (χ0n) is 19.9. The van der Waals surface area contributed by atoms with Crippen LogP contribution in [-0.4, -0.2) is 46.9 Å². The number of nitrogens with one attached hydrogen (secondary N) is 1. The zero-order chi connectivity index (χ0) is 26.8. The van der Waals surface area contributed by atoms with Crippen LogP contribution in [0.3, 0.4) is 0 Å². The molecule has 37 heavy (non-hydrogen) atoms. The molecule has 0 fully saturated rings. The van der Waals surface area contributed by atoms with Gasteiger partial charge >= 0.3 is 6.36 Å². The first kappa shape index (κ1) is 27.1. The number of benzene rings is 3. The lowest BCUT2D eigenvalue weighted by atomic mass is 10.1. The molecule has 8 nitrogen and oxygen atoms in total.